The van der Waals surface area contributed by atoms with E-state index in [0.717, 1.165) is 6.54 Å². The molecule has 2 N–H and O–H groups in total. The summed E-state index contributed by atoms with van der Waals surface area (Å²) in [5.74, 6) is -0.309. The largest absolute Gasteiger partial charge is 0.355 e. The number of rotatable bonds is 4. The fourth-order valence-electron chi connectivity index (χ4n) is 2.47. The third kappa shape index (κ3) is 3.04. The lowest BCUT2D eigenvalue weighted by molar-refractivity contribution is -0.124. The van der Waals surface area contributed by atoms with Crippen molar-refractivity contribution in [2.24, 2.45) is 0 Å². The molecule has 2 rings (SSSR count). The average Bonchev–Trinajstić information content (AvgIpc) is 2.37. The topological polar surface area (TPSA) is 44.4 Å². The Morgan fingerprint density at radius 2 is 2.21 bits per heavy atom. The van der Waals surface area contributed by atoms with Crippen LogP contribution in [0.3, 0.4) is 0 Å². The van der Waals surface area contributed by atoms with Crippen LogP contribution in [0, 0.1) is 5.82 Å². The van der Waals surface area contributed by atoms with Gasteiger partial charge >= 0.3 is 0 Å². The lowest BCUT2D eigenvalue weighted by atomic mass is 10.0. The molecule has 0 saturated carbocycles. The van der Waals surface area contributed by atoms with Crippen LogP contribution >= 0.6 is 0 Å². The minimum atomic E-state index is -0.319. The zero-order chi connectivity index (χ0) is 13.8. The molecule has 1 aliphatic rings. The molecule has 1 amide bonds. The van der Waals surface area contributed by atoms with Crippen LogP contribution in [-0.4, -0.2) is 38.1 Å². The number of nitrogens with one attached hydrogen (secondary N) is 2. The van der Waals surface area contributed by atoms with Gasteiger partial charge in [0.15, 0.2) is 0 Å². The molecule has 0 aliphatic carbocycles. The normalized spacial score (nSPS) is 23.3. The van der Waals surface area contributed by atoms with Gasteiger partial charge in [-0.15, -0.1) is 0 Å². The van der Waals surface area contributed by atoms with Crippen molar-refractivity contribution >= 4 is 11.6 Å². The lowest BCUT2D eigenvalue weighted by Crippen LogP contribution is -2.60. The molecule has 1 aromatic rings. The Kier molecular flexibility index (Phi) is 4.37. The summed E-state index contributed by atoms with van der Waals surface area (Å²) in [5, 5.41) is 5.96. The van der Waals surface area contributed by atoms with Crippen molar-refractivity contribution in [3.05, 3.63) is 30.1 Å². The van der Waals surface area contributed by atoms with Gasteiger partial charge in [-0.2, -0.15) is 0 Å². The van der Waals surface area contributed by atoms with Gasteiger partial charge in [0.25, 0.3) is 0 Å². The molecule has 1 saturated heterocycles. The molecule has 19 heavy (non-hydrogen) atoms. The molecule has 1 heterocycles. The molecule has 0 bridgehead atoms. The van der Waals surface area contributed by atoms with Gasteiger partial charge < -0.3 is 15.5 Å². The van der Waals surface area contributed by atoms with E-state index in [1.165, 1.54) is 6.07 Å². The van der Waals surface area contributed by atoms with E-state index in [0.29, 0.717) is 18.7 Å². The molecular weight excluding hydrogens is 245 g/mol. The first-order valence-corrected chi connectivity index (χ1v) is 6.59. The van der Waals surface area contributed by atoms with Crippen molar-refractivity contribution in [2.75, 3.05) is 25.0 Å². The molecule has 1 fully saturated rings. The van der Waals surface area contributed by atoms with Gasteiger partial charge in [-0.05, 0) is 39.1 Å². The first-order valence-electron chi connectivity index (χ1n) is 6.59. The second-order valence-electron chi connectivity index (χ2n) is 4.92. The first-order chi connectivity index (χ1) is 9.13. The van der Waals surface area contributed by atoms with Gasteiger partial charge in [-0.3, -0.25) is 4.79 Å². The van der Waals surface area contributed by atoms with E-state index in [-0.39, 0.29) is 23.8 Å². The van der Waals surface area contributed by atoms with Gasteiger partial charge in [0, 0.05) is 12.6 Å². The highest BCUT2D eigenvalue weighted by Gasteiger charge is 2.33. The summed E-state index contributed by atoms with van der Waals surface area (Å²) in [5.41, 5.74) is 0.505. The number of amides is 1. The fourth-order valence-corrected chi connectivity index (χ4v) is 2.47. The smallest absolute Gasteiger partial charge is 0.243 e. The summed E-state index contributed by atoms with van der Waals surface area (Å²) >= 11 is 0. The quantitative estimate of drug-likeness (QED) is 0.858. The highest BCUT2D eigenvalue weighted by atomic mass is 19.1. The van der Waals surface area contributed by atoms with Crippen LogP contribution in [-0.2, 0) is 4.79 Å². The Labute approximate surface area is 113 Å². The fraction of sp³-hybridized carbons (Fsp3) is 0.500. The first kappa shape index (κ1) is 13.8. The van der Waals surface area contributed by atoms with Crippen LogP contribution in [0.1, 0.15) is 13.3 Å². The molecule has 0 aromatic heterocycles. The number of para-hydroxylation sites is 1. The molecule has 1 aliphatic heterocycles. The molecule has 4 nitrogen and oxygen atoms in total. The van der Waals surface area contributed by atoms with E-state index in [1.807, 2.05) is 18.9 Å². The highest BCUT2D eigenvalue weighted by Crippen LogP contribution is 2.24. The number of nitrogens with zero attached hydrogens (tertiary/aromatic N) is 1. The molecule has 5 heteroatoms. The van der Waals surface area contributed by atoms with Crippen LogP contribution in [0.4, 0.5) is 10.1 Å². The molecule has 0 radical (unpaired) electrons. The maximum atomic E-state index is 13.9. The standard InChI is InChI=1S/C14H20FN3O/c1-10-9-18(12-6-4-3-5-11(12)15)13(7-8-16-2)14(19)17-10/h3-6,10,13,16H,7-9H2,1-2H3,(H,17,19). The summed E-state index contributed by atoms with van der Waals surface area (Å²) in [6.07, 6.45) is 0.656. The van der Waals surface area contributed by atoms with E-state index in [1.54, 1.807) is 18.2 Å². The number of carbonyl (C=O) groups excluding carboxylic acids is 1. The number of halogens is 1. The van der Waals surface area contributed by atoms with Gasteiger partial charge in [-0.1, -0.05) is 12.1 Å². The van der Waals surface area contributed by atoms with Gasteiger partial charge in [-0.25, -0.2) is 4.39 Å². The number of carbonyl (C=O) groups is 1. The van der Waals surface area contributed by atoms with Crippen molar-refractivity contribution in [3.63, 3.8) is 0 Å². The van der Waals surface area contributed by atoms with Crippen LogP contribution < -0.4 is 15.5 Å². The molecular formula is C14H20FN3O. The van der Waals surface area contributed by atoms with Crippen LogP contribution in [0.15, 0.2) is 24.3 Å². The Morgan fingerprint density at radius 3 is 2.89 bits per heavy atom. The van der Waals surface area contributed by atoms with Gasteiger partial charge in [0.05, 0.1) is 5.69 Å². The number of hydrogen-bond acceptors (Lipinski definition) is 3. The summed E-state index contributed by atoms with van der Waals surface area (Å²) in [7, 11) is 1.84. The predicted octanol–water partition coefficient (Wildman–Crippen LogP) is 1.13. The molecule has 0 spiro atoms. The third-order valence-electron chi connectivity index (χ3n) is 3.37. The zero-order valence-electron chi connectivity index (χ0n) is 11.3. The monoisotopic (exact) mass is 265 g/mol. The maximum Gasteiger partial charge on any atom is 0.243 e. The average molecular weight is 265 g/mol. The van der Waals surface area contributed by atoms with Gasteiger partial charge in [0.1, 0.15) is 11.9 Å². The number of benzene rings is 1. The minimum Gasteiger partial charge on any atom is -0.355 e. The van der Waals surface area contributed by atoms with Crippen molar-refractivity contribution in [1.82, 2.24) is 10.6 Å². The molecule has 2 atom stereocenters. The number of piperazine rings is 1. The highest BCUT2D eigenvalue weighted by molar-refractivity contribution is 5.87. The van der Waals surface area contributed by atoms with Gasteiger partial charge in [0.2, 0.25) is 5.91 Å². The van der Waals surface area contributed by atoms with Crippen LogP contribution in [0.5, 0.6) is 0 Å². The summed E-state index contributed by atoms with van der Waals surface area (Å²) in [6, 6.07) is 6.33. The van der Waals surface area contributed by atoms with Crippen molar-refractivity contribution in [3.8, 4) is 0 Å². The Hall–Kier alpha value is -1.62. The Morgan fingerprint density at radius 1 is 1.47 bits per heavy atom. The predicted molar refractivity (Wildman–Crippen MR) is 73.7 cm³/mol. The summed E-state index contributed by atoms with van der Waals surface area (Å²) in [6.45, 7) is 3.28. The third-order valence-corrected chi connectivity index (χ3v) is 3.37. The van der Waals surface area contributed by atoms with E-state index in [2.05, 4.69) is 10.6 Å². The van der Waals surface area contributed by atoms with Crippen LogP contribution in [0.2, 0.25) is 0 Å². The second-order valence-corrected chi connectivity index (χ2v) is 4.92. The van der Waals surface area contributed by atoms with Crippen molar-refractivity contribution in [2.45, 2.75) is 25.4 Å². The zero-order valence-corrected chi connectivity index (χ0v) is 11.3. The lowest BCUT2D eigenvalue weighted by Gasteiger charge is -2.40. The SMILES string of the molecule is CNCCC1C(=O)NC(C)CN1c1ccccc1F. The van der Waals surface area contributed by atoms with E-state index >= 15 is 0 Å². The summed E-state index contributed by atoms with van der Waals surface area (Å²) < 4.78 is 13.9. The molecule has 104 valence electrons. The molecule has 2 unspecified atom stereocenters. The number of hydrogen-bond donors (Lipinski definition) is 2. The maximum absolute atomic E-state index is 13.9. The summed E-state index contributed by atoms with van der Waals surface area (Å²) in [4.78, 5) is 14.0. The van der Waals surface area contributed by atoms with E-state index in [9.17, 15) is 9.18 Å². The number of anilines is 1. The van der Waals surface area contributed by atoms with Crippen molar-refractivity contribution in [1.29, 1.82) is 0 Å². The van der Waals surface area contributed by atoms with Crippen molar-refractivity contribution < 1.29 is 9.18 Å². The minimum absolute atomic E-state index is 0.0259. The Bertz CT molecular complexity index is 452. The van der Waals surface area contributed by atoms with E-state index in [4.69, 9.17) is 0 Å². The van der Waals surface area contributed by atoms with E-state index < -0.39 is 0 Å². The second kappa shape index (κ2) is 6.02. The molecule has 1 aromatic carbocycles. The van der Waals surface area contributed by atoms with Crippen LogP contribution in [0.25, 0.3) is 0 Å². The Balaban J connectivity index is 2.27.